The van der Waals surface area contributed by atoms with E-state index in [9.17, 15) is 9.59 Å². The number of nitrogens with zero attached hydrogens (tertiary/aromatic N) is 1. The summed E-state index contributed by atoms with van der Waals surface area (Å²) in [5, 5.41) is 3.47. The molecule has 35 heavy (non-hydrogen) atoms. The molecule has 0 aliphatic heterocycles. The fourth-order valence-electron chi connectivity index (χ4n) is 3.99. The maximum Gasteiger partial charge on any atom is 0.261 e. The van der Waals surface area contributed by atoms with E-state index in [-0.39, 0.29) is 30.9 Å². The van der Waals surface area contributed by atoms with Crippen LogP contribution in [0, 0.1) is 0 Å². The molecule has 0 aliphatic rings. The Balaban J connectivity index is 1.91. The van der Waals surface area contributed by atoms with Gasteiger partial charge in [0.05, 0.1) is 0 Å². The van der Waals surface area contributed by atoms with Gasteiger partial charge in [0.2, 0.25) is 5.91 Å². The molecule has 0 bridgehead atoms. The highest BCUT2D eigenvalue weighted by molar-refractivity contribution is 6.30. The lowest BCUT2D eigenvalue weighted by Crippen LogP contribution is -2.51. The first-order valence-electron chi connectivity index (χ1n) is 12.0. The van der Waals surface area contributed by atoms with Gasteiger partial charge < -0.3 is 15.0 Å². The number of carbonyl (C=O) groups excluding carboxylic acids is 2. The molecule has 0 spiro atoms. The average Bonchev–Trinajstić information content (AvgIpc) is 2.85. The van der Waals surface area contributed by atoms with Crippen molar-refractivity contribution in [3.8, 4) is 5.75 Å². The van der Waals surface area contributed by atoms with Crippen LogP contribution in [-0.4, -0.2) is 35.9 Å². The molecule has 0 saturated carbocycles. The summed E-state index contributed by atoms with van der Waals surface area (Å²) in [5.41, 5.74) is 2.85. The lowest BCUT2D eigenvalue weighted by Gasteiger charge is -2.31. The minimum atomic E-state index is -0.701. The standard InChI is InChI=1S/C29H33ClN2O3/c1-4-31-29(34)26(18-22-11-6-5-7-12-22)32(19-23-13-10-14-24(30)17-23)28(33)20-35-27-16-9-8-15-25(27)21(2)3/h5-17,21,26H,4,18-20H2,1-3H3,(H,31,34). The molecule has 1 unspecified atom stereocenters. The Bertz CT molecular complexity index is 1120. The van der Waals surface area contributed by atoms with Crippen LogP contribution in [-0.2, 0) is 22.6 Å². The zero-order valence-corrected chi connectivity index (χ0v) is 21.3. The molecule has 0 aromatic heterocycles. The summed E-state index contributed by atoms with van der Waals surface area (Å²) in [6.07, 6.45) is 0.390. The Kier molecular flexibility index (Phi) is 9.74. The molecular formula is C29H33ClN2O3. The zero-order valence-electron chi connectivity index (χ0n) is 20.5. The molecule has 3 aromatic rings. The number of carbonyl (C=O) groups is 2. The summed E-state index contributed by atoms with van der Waals surface area (Å²) in [6, 6.07) is 24.1. The number of amides is 2. The van der Waals surface area contributed by atoms with Gasteiger partial charge in [0, 0.05) is 24.5 Å². The quantitative estimate of drug-likeness (QED) is 0.378. The Morgan fingerprint density at radius 3 is 2.31 bits per heavy atom. The highest BCUT2D eigenvalue weighted by atomic mass is 35.5. The van der Waals surface area contributed by atoms with Gasteiger partial charge in [-0.15, -0.1) is 0 Å². The zero-order chi connectivity index (χ0) is 25.2. The van der Waals surface area contributed by atoms with Gasteiger partial charge in [-0.2, -0.15) is 0 Å². The largest absolute Gasteiger partial charge is 0.483 e. The summed E-state index contributed by atoms with van der Waals surface area (Å²) in [6.45, 7) is 6.58. The average molecular weight is 493 g/mol. The summed E-state index contributed by atoms with van der Waals surface area (Å²) < 4.78 is 5.99. The van der Waals surface area contributed by atoms with Crippen molar-refractivity contribution in [3.05, 3.63) is 101 Å². The number of likely N-dealkylation sites (N-methyl/N-ethyl adjacent to an activating group) is 1. The maximum atomic E-state index is 13.6. The number of hydrogen-bond acceptors (Lipinski definition) is 3. The number of rotatable bonds is 11. The predicted octanol–water partition coefficient (Wildman–Crippen LogP) is 5.62. The number of ether oxygens (including phenoxy) is 1. The van der Waals surface area contributed by atoms with E-state index in [1.165, 1.54) is 0 Å². The second kappa shape index (κ2) is 13.0. The van der Waals surface area contributed by atoms with Gasteiger partial charge in [-0.05, 0) is 47.7 Å². The summed E-state index contributed by atoms with van der Waals surface area (Å²) in [7, 11) is 0. The SMILES string of the molecule is CCNC(=O)C(Cc1ccccc1)N(Cc1cccc(Cl)c1)C(=O)COc1ccccc1C(C)C. The van der Waals surface area contributed by atoms with Crippen molar-refractivity contribution in [2.24, 2.45) is 0 Å². The molecule has 2 amide bonds. The summed E-state index contributed by atoms with van der Waals surface area (Å²) >= 11 is 6.21. The van der Waals surface area contributed by atoms with Crippen LogP contribution in [0.4, 0.5) is 0 Å². The third-order valence-corrected chi connectivity index (χ3v) is 5.99. The molecule has 0 saturated heterocycles. The lowest BCUT2D eigenvalue weighted by molar-refractivity contribution is -0.142. The van der Waals surface area contributed by atoms with Crippen LogP contribution in [0.2, 0.25) is 5.02 Å². The molecule has 0 fully saturated rings. The predicted molar refractivity (Wildman–Crippen MR) is 141 cm³/mol. The molecule has 6 heteroatoms. The number of para-hydroxylation sites is 1. The van der Waals surface area contributed by atoms with E-state index in [1.54, 1.807) is 11.0 Å². The molecule has 0 aliphatic carbocycles. The number of halogens is 1. The number of benzene rings is 3. The third-order valence-electron chi connectivity index (χ3n) is 5.76. The van der Waals surface area contributed by atoms with E-state index in [2.05, 4.69) is 19.2 Å². The van der Waals surface area contributed by atoms with E-state index in [0.717, 1.165) is 16.7 Å². The van der Waals surface area contributed by atoms with Gasteiger partial charge in [0.1, 0.15) is 11.8 Å². The van der Waals surface area contributed by atoms with Crippen molar-refractivity contribution in [2.45, 2.75) is 45.7 Å². The smallest absolute Gasteiger partial charge is 0.261 e. The second-order valence-electron chi connectivity index (χ2n) is 8.73. The van der Waals surface area contributed by atoms with Crippen molar-refractivity contribution >= 4 is 23.4 Å². The first-order valence-corrected chi connectivity index (χ1v) is 12.3. The van der Waals surface area contributed by atoms with Gasteiger partial charge in [0.25, 0.3) is 5.91 Å². The van der Waals surface area contributed by atoms with E-state index < -0.39 is 6.04 Å². The molecule has 0 radical (unpaired) electrons. The second-order valence-corrected chi connectivity index (χ2v) is 9.17. The van der Waals surface area contributed by atoms with Crippen molar-refractivity contribution in [2.75, 3.05) is 13.2 Å². The van der Waals surface area contributed by atoms with Crippen LogP contribution >= 0.6 is 11.6 Å². The van der Waals surface area contributed by atoms with E-state index in [1.807, 2.05) is 79.7 Å². The number of hydrogen-bond donors (Lipinski definition) is 1. The van der Waals surface area contributed by atoms with Gasteiger partial charge in [-0.1, -0.05) is 86.1 Å². The third kappa shape index (κ3) is 7.59. The molecular weight excluding hydrogens is 460 g/mol. The van der Waals surface area contributed by atoms with Crippen molar-refractivity contribution < 1.29 is 14.3 Å². The van der Waals surface area contributed by atoms with Crippen LogP contribution in [0.5, 0.6) is 5.75 Å². The maximum absolute atomic E-state index is 13.6. The summed E-state index contributed by atoms with van der Waals surface area (Å²) in [4.78, 5) is 28.4. The Morgan fingerprint density at radius 2 is 1.63 bits per heavy atom. The van der Waals surface area contributed by atoms with E-state index in [0.29, 0.717) is 23.7 Å². The fourth-order valence-corrected chi connectivity index (χ4v) is 4.20. The minimum Gasteiger partial charge on any atom is -0.483 e. The topological polar surface area (TPSA) is 58.6 Å². The summed E-state index contributed by atoms with van der Waals surface area (Å²) in [5.74, 6) is 0.464. The monoisotopic (exact) mass is 492 g/mol. The van der Waals surface area contributed by atoms with Crippen LogP contribution in [0.25, 0.3) is 0 Å². The molecule has 1 atom stereocenters. The first kappa shape index (κ1) is 26.3. The van der Waals surface area contributed by atoms with E-state index in [4.69, 9.17) is 16.3 Å². The Labute approximate surface area is 213 Å². The van der Waals surface area contributed by atoms with Crippen LogP contribution in [0.3, 0.4) is 0 Å². The molecule has 0 heterocycles. The van der Waals surface area contributed by atoms with E-state index >= 15 is 0 Å². The highest BCUT2D eigenvalue weighted by Crippen LogP contribution is 2.26. The first-order chi connectivity index (χ1) is 16.9. The molecule has 3 aromatic carbocycles. The Hall–Kier alpha value is -3.31. The minimum absolute atomic E-state index is 0.172. The molecule has 184 valence electrons. The van der Waals surface area contributed by atoms with Crippen molar-refractivity contribution in [3.63, 3.8) is 0 Å². The highest BCUT2D eigenvalue weighted by Gasteiger charge is 2.30. The van der Waals surface area contributed by atoms with Gasteiger partial charge in [-0.25, -0.2) is 0 Å². The van der Waals surface area contributed by atoms with Gasteiger partial charge in [0.15, 0.2) is 6.61 Å². The van der Waals surface area contributed by atoms with Crippen molar-refractivity contribution in [1.29, 1.82) is 0 Å². The van der Waals surface area contributed by atoms with Crippen LogP contribution in [0.15, 0.2) is 78.9 Å². The molecule has 1 N–H and O–H groups in total. The fraction of sp³-hybridized carbons (Fsp3) is 0.310. The molecule has 5 nitrogen and oxygen atoms in total. The van der Waals surface area contributed by atoms with Gasteiger partial charge >= 0.3 is 0 Å². The normalized spacial score (nSPS) is 11.7. The van der Waals surface area contributed by atoms with Crippen LogP contribution < -0.4 is 10.1 Å². The van der Waals surface area contributed by atoms with Crippen molar-refractivity contribution in [1.82, 2.24) is 10.2 Å². The number of nitrogens with one attached hydrogen (secondary N) is 1. The lowest BCUT2D eigenvalue weighted by atomic mass is 10.0. The molecule has 3 rings (SSSR count). The van der Waals surface area contributed by atoms with Gasteiger partial charge in [-0.3, -0.25) is 9.59 Å². The Morgan fingerprint density at radius 1 is 0.943 bits per heavy atom. The van der Waals surface area contributed by atoms with Crippen LogP contribution in [0.1, 0.15) is 43.4 Å².